The summed E-state index contributed by atoms with van der Waals surface area (Å²) in [6.07, 6.45) is -0.550. The molecule has 1 heterocycles. The first-order valence-corrected chi connectivity index (χ1v) is 7.99. The number of benzene rings is 1. The van der Waals surface area contributed by atoms with Crippen LogP contribution in [0.1, 0.15) is 20.8 Å². The standard InChI is InChI=1S/C13H19N3O4S/c1-13(2,3)20-12(17)15-10-4-6-11(7-5-10)16-9-8-14-21(16,18)19/h4-7,14H,8-9H2,1-3H3,(H,15,17). The molecule has 1 saturated heterocycles. The summed E-state index contributed by atoms with van der Waals surface area (Å²) < 4.78 is 32.3. The van der Waals surface area contributed by atoms with Crippen LogP contribution >= 0.6 is 0 Å². The lowest BCUT2D eigenvalue weighted by Gasteiger charge is -2.20. The zero-order valence-electron chi connectivity index (χ0n) is 12.2. The maximum absolute atomic E-state index is 11.7. The fourth-order valence-electron chi connectivity index (χ4n) is 1.87. The highest BCUT2D eigenvalue weighted by Crippen LogP contribution is 2.22. The minimum absolute atomic E-state index is 0.389. The molecule has 1 aromatic rings. The van der Waals surface area contributed by atoms with Gasteiger partial charge in [-0.3, -0.25) is 9.62 Å². The minimum atomic E-state index is -3.43. The lowest BCUT2D eigenvalue weighted by molar-refractivity contribution is 0.0636. The number of anilines is 2. The topological polar surface area (TPSA) is 87.7 Å². The Morgan fingerprint density at radius 3 is 2.38 bits per heavy atom. The Morgan fingerprint density at radius 1 is 1.29 bits per heavy atom. The summed E-state index contributed by atoms with van der Waals surface area (Å²) in [5.74, 6) is 0. The quantitative estimate of drug-likeness (QED) is 0.869. The molecule has 2 N–H and O–H groups in total. The Bertz CT molecular complexity index is 620. The van der Waals surface area contributed by atoms with Crippen LogP contribution in [0.2, 0.25) is 0 Å². The molecule has 1 aliphatic heterocycles. The Kier molecular flexibility index (Phi) is 4.11. The van der Waals surface area contributed by atoms with E-state index >= 15 is 0 Å². The predicted molar refractivity (Wildman–Crippen MR) is 80.6 cm³/mol. The number of carbonyl (C=O) groups is 1. The molecule has 0 saturated carbocycles. The molecule has 0 aliphatic carbocycles. The summed E-state index contributed by atoms with van der Waals surface area (Å²) in [6.45, 7) is 6.12. The Morgan fingerprint density at radius 2 is 1.90 bits per heavy atom. The molecule has 0 atom stereocenters. The summed E-state index contributed by atoms with van der Waals surface area (Å²) in [5.41, 5.74) is 0.520. The van der Waals surface area contributed by atoms with Gasteiger partial charge in [0.05, 0.1) is 5.69 Å². The van der Waals surface area contributed by atoms with E-state index < -0.39 is 21.9 Å². The second kappa shape index (κ2) is 5.53. The second-order valence-corrected chi connectivity index (χ2v) is 7.32. The van der Waals surface area contributed by atoms with E-state index in [1.54, 1.807) is 45.0 Å². The number of nitrogens with one attached hydrogen (secondary N) is 2. The van der Waals surface area contributed by atoms with Crippen molar-refractivity contribution >= 4 is 27.7 Å². The molecule has 1 aliphatic rings. The molecule has 8 heteroatoms. The highest BCUT2D eigenvalue weighted by Gasteiger charge is 2.27. The van der Waals surface area contributed by atoms with Crippen LogP contribution in [0.4, 0.5) is 16.2 Å². The minimum Gasteiger partial charge on any atom is -0.444 e. The highest BCUT2D eigenvalue weighted by atomic mass is 32.2. The second-order valence-electron chi connectivity index (χ2n) is 5.65. The Hall–Kier alpha value is -1.80. The first-order chi connectivity index (χ1) is 9.67. The number of hydrogen-bond donors (Lipinski definition) is 2. The van der Waals surface area contributed by atoms with E-state index in [1.807, 2.05) is 0 Å². The number of amides is 1. The van der Waals surface area contributed by atoms with Crippen LogP contribution < -0.4 is 14.3 Å². The molecule has 0 bridgehead atoms. The summed E-state index contributed by atoms with van der Waals surface area (Å²) >= 11 is 0. The van der Waals surface area contributed by atoms with E-state index in [1.165, 1.54) is 4.31 Å². The van der Waals surface area contributed by atoms with Gasteiger partial charge in [-0.25, -0.2) is 4.79 Å². The van der Waals surface area contributed by atoms with E-state index in [2.05, 4.69) is 10.0 Å². The normalized spacial score (nSPS) is 17.6. The zero-order chi connectivity index (χ0) is 15.7. The van der Waals surface area contributed by atoms with Gasteiger partial charge in [0.1, 0.15) is 5.60 Å². The van der Waals surface area contributed by atoms with Crippen molar-refractivity contribution in [3.8, 4) is 0 Å². The molecule has 21 heavy (non-hydrogen) atoms. The van der Waals surface area contributed by atoms with Crippen molar-refractivity contribution in [1.29, 1.82) is 0 Å². The number of nitrogens with zero attached hydrogens (tertiary/aromatic N) is 1. The molecule has 0 aromatic heterocycles. The van der Waals surface area contributed by atoms with Crippen LogP contribution in [0.3, 0.4) is 0 Å². The smallest absolute Gasteiger partial charge is 0.412 e. The van der Waals surface area contributed by atoms with Gasteiger partial charge in [-0.05, 0) is 45.0 Å². The van der Waals surface area contributed by atoms with Gasteiger partial charge in [0.2, 0.25) is 0 Å². The SMILES string of the molecule is CC(C)(C)OC(=O)Nc1ccc(N2CCNS2(=O)=O)cc1. The Balaban J connectivity index is 2.04. The van der Waals surface area contributed by atoms with Gasteiger partial charge in [-0.2, -0.15) is 13.1 Å². The maximum atomic E-state index is 11.7. The fourth-order valence-corrected chi connectivity index (χ4v) is 3.11. The summed E-state index contributed by atoms with van der Waals surface area (Å²) in [5, 5.41) is 2.59. The number of rotatable bonds is 2. The zero-order valence-corrected chi connectivity index (χ0v) is 13.0. The molecule has 0 unspecified atom stereocenters. The van der Waals surface area contributed by atoms with Crippen molar-refractivity contribution in [3.05, 3.63) is 24.3 Å². The largest absolute Gasteiger partial charge is 0.444 e. The lowest BCUT2D eigenvalue weighted by Crippen LogP contribution is -2.29. The first kappa shape index (κ1) is 15.6. The van der Waals surface area contributed by atoms with E-state index in [0.29, 0.717) is 24.5 Å². The lowest BCUT2D eigenvalue weighted by atomic mass is 10.2. The van der Waals surface area contributed by atoms with Crippen LogP contribution in [-0.4, -0.2) is 33.2 Å². The molecule has 1 amide bonds. The first-order valence-electron chi connectivity index (χ1n) is 6.55. The average molecular weight is 313 g/mol. The highest BCUT2D eigenvalue weighted by molar-refractivity contribution is 7.91. The van der Waals surface area contributed by atoms with Crippen molar-refractivity contribution in [2.75, 3.05) is 22.7 Å². The molecular formula is C13H19N3O4S. The molecule has 1 fully saturated rings. The van der Waals surface area contributed by atoms with Gasteiger partial charge in [0, 0.05) is 18.8 Å². The summed E-state index contributed by atoms with van der Waals surface area (Å²) in [7, 11) is -3.43. The monoisotopic (exact) mass is 313 g/mol. The average Bonchev–Trinajstić information content (AvgIpc) is 2.67. The molecule has 7 nitrogen and oxygen atoms in total. The third kappa shape index (κ3) is 4.08. The van der Waals surface area contributed by atoms with E-state index in [4.69, 9.17) is 4.74 Å². The molecule has 2 rings (SSSR count). The van der Waals surface area contributed by atoms with E-state index in [9.17, 15) is 13.2 Å². The van der Waals surface area contributed by atoms with Gasteiger partial charge in [0.25, 0.3) is 0 Å². The van der Waals surface area contributed by atoms with Crippen LogP contribution in [-0.2, 0) is 14.9 Å². The van der Waals surface area contributed by atoms with Gasteiger partial charge >= 0.3 is 16.3 Å². The van der Waals surface area contributed by atoms with Crippen LogP contribution in [0.15, 0.2) is 24.3 Å². The van der Waals surface area contributed by atoms with Gasteiger partial charge in [-0.1, -0.05) is 0 Å². The van der Waals surface area contributed by atoms with Crippen molar-refractivity contribution in [2.24, 2.45) is 0 Å². The van der Waals surface area contributed by atoms with Crippen molar-refractivity contribution in [3.63, 3.8) is 0 Å². The molecule has 0 radical (unpaired) electrons. The van der Waals surface area contributed by atoms with Gasteiger partial charge < -0.3 is 4.74 Å². The van der Waals surface area contributed by atoms with E-state index in [-0.39, 0.29) is 0 Å². The van der Waals surface area contributed by atoms with Crippen LogP contribution in [0.25, 0.3) is 0 Å². The fraction of sp³-hybridized carbons (Fsp3) is 0.462. The Labute approximate surface area is 124 Å². The van der Waals surface area contributed by atoms with Crippen molar-refractivity contribution in [2.45, 2.75) is 26.4 Å². The van der Waals surface area contributed by atoms with Gasteiger partial charge in [-0.15, -0.1) is 0 Å². The summed E-state index contributed by atoms with van der Waals surface area (Å²) in [4.78, 5) is 11.6. The van der Waals surface area contributed by atoms with Gasteiger partial charge in [0.15, 0.2) is 0 Å². The number of carbonyl (C=O) groups excluding carboxylic acids is 1. The number of hydrogen-bond acceptors (Lipinski definition) is 4. The molecule has 1 aromatic carbocycles. The van der Waals surface area contributed by atoms with Crippen LogP contribution in [0.5, 0.6) is 0 Å². The molecule has 0 spiro atoms. The van der Waals surface area contributed by atoms with Crippen LogP contribution in [0, 0.1) is 0 Å². The summed E-state index contributed by atoms with van der Waals surface area (Å²) in [6, 6.07) is 6.54. The van der Waals surface area contributed by atoms with Crippen molar-refractivity contribution < 1.29 is 17.9 Å². The molecular weight excluding hydrogens is 294 g/mol. The van der Waals surface area contributed by atoms with Crippen molar-refractivity contribution in [1.82, 2.24) is 4.72 Å². The maximum Gasteiger partial charge on any atom is 0.412 e. The molecule has 116 valence electrons. The van der Waals surface area contributed by atoms with E-state index in [0.717, 1.165) is 0 Å². The third-order valence-corrected chi connectivity index (χ3v) is 4.23. The third-order valence-electron chi connectivity index (χ3n) is 2.69. The number of ether oxygens (including phenoxy) is 1. The predicted octanol–water partition coefficient (Wildman–Crippen LogP) is 1.69.